The summed E-state index contributed by atoms with van der Waals surface area (Å²) in [7, 11) is 0. The fourth-order valence-electron chi connectivity index (χ4n) is 2.14. The zero-order valence-electron chi connectivity index (χ0n) is 12.2. The van der Waals surface area contributed by atoms with Crippen LogP contribution in [-0.4, -0.2) is 17.4 Å². The lowest BCUT2D eigenvalue weighted by molar-refractivity contribution is -0.141. The third-order valence-corrected chi connectivity index (χ3v) is 3.24. The van der Waals surface area contributed by atoms with Gasteiger partial charge in [-0.15, -0.1) is 0 Å². The Hall–Kier alpha value is -2.37. The highest BCUT2D eigenvalue weighted by molar-refractivity contribution is 6.06. The molecule has 0 N–H and O–H groups in total. The fourth-order valence-corrected chi connectivity index (χ4v) is 2.14. The molecule has 1 aromatic carbocycles. The van der Waals surface area contributed by atoms with Crippen LogP contribution in [0.4, 0.5) is 18.9 Å². The summed E-state index contributed by atoms with van der Waals surface area (Å²) in [5, 5.41) is 0. The Kier molecular flexibility index (Phi) is 4.49. The van der Waals surface area contributed by atoms with Crippen LogP contribution in [0.2, 0.25) is 0 Å². The quantitative estimate of drug-likeness (QED) is 0.856. The predicted octanol–water partition coefficient (Wildman–Crippen LogP) is 4.08. The van der Waals surface area contributed by atoms with Crippen LogP contribution in [0.15, 0.2) is 42.5 Å². The van der Waals surface area contributed by atoms with Crippen LogP contribution in [-0.2, 0) is 6.18 Å². The van der Waals surface area contributed by atoms with Crippen molar-refractivity contribution in [3.8, 4) is 0 Å². The van der Waals surface area contributed by atoms with E-state index >= 15 is 0 Å². The highest BCUT2D eigenvalue weighted by Crippen LogP contribution is 2.28. The van der Waals surface area contributed by atoms with Crippen LogP contribution >= 0.6 is 0 Å². The molecule has 0 fully saturated rings. The van der Waals surface area contributed by atoms with Crippen LogP contribution in [0.1, 0.15) is 28.7 Å². The van der Waals surface area contributed by atoms with Gasteiger partial charge < -0.3 is 4.90 Å². The number of hydrogen-bond acceptors (Lipinski definition) is 2. The summed E-state index contributed by atoms with van der Waals surface area (Å²) in [6.07, 6.45) is -4.52. The maximum Gasteiger partial charge on any atom is 0.433 e. The molecule has 0 saturated heterocycles. The lowest BCUT2D eigenvalue weighted by Gasteiger charge is -2.22. The van der Waals surface area contributed by atoms with Crippen LogP contribution in [0, 0.1) is 6.92 Å². The molecule has 6 heteroatoms. The van der Waals surface area contributed by atoms with Crippen molar-refractivity contribution in [3.05, 3.63) is 59.4 Å². The zero-order valence-corrected chi connectivity index (χ0v) is 12.2. The van der Waals surface area contributed by atoms with Gasteiger partial charge in [-0.2, -0.15) is 13.2 Å². The lowest BCUT2D eigenvalue weighted by atomic mass is 10.1. The van der Waals surface area contributed by atoms with Gasteiger partial charge in [0.05, 0.1) is 11.3 Å². The second-order valence-corrected chi connectivity index (χ2v) is 4.71. The SMILES string of the molecule is CCN(C(=O)c1ccc(C(F)(F)F)nc1C)c1ccccc1. The molecular formula is C16H15F3N2O. The van der Waals surface area contributed by atoms with E-state index in [9.17, 15) is 18.0 Å². The average molecular weight is 308 g/mol. The van der Waals surface area contributed by atoms with E-state index in [1.165, 1.54) is 17.9 Å². The number of carbonyl (C=O) groups is 1. The highest BCUT2D eigenvalue weighted by atomic mass is 19.4. The van der Waals surface area contributed by atoms with Crippen molar-refractivity contribution < 1.29 is 18.0 Å². The molecule has 0 radical (unpaired) electrons. The van der Waals surface area contributed by atoms with E-state index in [-0.39, 0.29) is 17.2 Å². The second kappa shape index (κ2) is 6.17. The standard InChI is InChI=1S/C16H15F3N2O/c1-3-21(12-7-5-4-6-8-12)15(22)13-9-10-14(16(17,18)19)20-11(13)2/h4-10H,3H2,1-2H3. The number of halogens is 3. The molecule has 2 rings (SSSR count). The topological polar surface area (TPSA) is 33.2 Å². The summed E-state index contributed by atoms with van der Waals surface area (Å²) in [5.41, 5.74) is -0.0773. The smallest absolute Gasteiger partial charge is 0.309 e. The van der Waals surface area contributed by atoms with Crippen LogP contribution in [0.25, 0.3) is 0 Å². The predicted molar refractivity (Wildman–Crippen MR) is 77.8 cm³/mol. The molecule has 1 heterocycles. The van der Waals surface area contributed by atoms with Gasteiger partial charge in [0.15, 0.2) is 0 Å². The molecular weight excluding hydrogens is 293 g/mol. The number of nitrogens with zero attached hydrogens (tertiary/aromatic N) is 2. The summed E-state index contributed by atoms with van der Waals surface area (Å²) < 4.78 is 37.9. The molecule has 0 atom stereocenters. The van der Waals surface area contributed by atoms with Crippen molar-refractivity contribution in [2.24, 2.45) is 0 Å². The Morgan fingerprint density at radius 2 is 1.77 bits per heavy atom. The number of para-hydroxylation sites is 1. The summed E-state index contributed by atoms with van der Waals surface area (Å²) in [6.45, 7) is 3.61. The Morgan fingerprint density at radius 3 is 2.27 bits per heavy atom. The van der Waals surface area contributed by atoms with E-state index in [0.717, 1.165) is 6.07 Å². The van der Waals surface area contributed by atoms with E-state index < -0.39 is 11.9 Å². The molecule has 1 amide bonds. The zero-order chi connectivity index (χ0) is 16.3. The van der Waals surface area contributed by atoms with Crippen LogP contribution < -0.4 is 4.90 Å². The van der Waals surface area contributed by atoms with Gasteiger partial charge in [0.1, 0.15) is 5.69 Å². The van der Waals surface area contributed by atoms with E-state index in [4.69, 9.17) is 0 Å². The molecule has 0 saturated carbocycles. The average Bonchev–Trinajstić information content (AvgIpc) is 2.48. The first-order valence-electron chi connectivity index (χ1n) is 6.76. The fraction of sp³-hybridized carbons (Fsp3) is 0.250. The summed E-state index contributed by atoms with van der Waals surface area (Å²) in [6, 6.07) is 11.0. The number of anilines is 1. The number of alkyl halides is 3. The molecule has 1 aromatic heterocycles. The van der Waals surface area contributed by atoms with Gasteiger partial charge in [-0.3, -0.25) is 4.79 Å². The maximum atomic E-state index is 12.6. The molecule has 0 bridgehead atoms. The highest BCUT2D eigenvalue weighted by Gasteiger charge is 2.33. The Labute approximate surface area is 126 Å². The molecule has 0 aliphatic heterocycles. The van der Waals surface area contributed by atoms with E-state index in [0.29, 0.717) is 12.2 Å². The molecule has 3 nitrogen and oxygen atoms in total. The maximum absolute atomic E-state index is 12.6. The summed E-state index contributed by atoms with van der Waals surface area (Å²) in [4.78, 5) is 17.6. The number of benzene rings is 1. The molecule has 0 spiro atoms. The summed E-state index contributed by atoms with van der Waals surface area (Å²) >= 11 is 0. The van der Waals surface area contributed by atoms with Crippen molar-refractivity contribution in [3.63, 3.8) is 0 Å². The largest absolute Gasteiger partial charge is 0.433 e. The van der Waals surface area contributed by atoms with Gasteiger partial charge in [0.25, 0.3) is 5.91 Å². The van der Waals surface area contributed by atoms with Crippen LogP contribution in [0.3, 0.4) is 0 Å². The van der Waals surface area contributed by atoms with Gasteiger partial charge in [-0.25, -0.2) is 4.98 Å². The van der Waals surface area contributed by atoms with Gasteiger partial charge >= 0.3 is 6.18 Å². The van der Waals surface area contributed by atoms with E-state index in [2.05, 4.69) is 4.98 Å². The third kappa shape index (κ3) is 3.27. The van der Waals surface area contributed by atoms with Crippen molar-refractivity contribution in [2.45, 2.75) is 20.0 Å². The number of carbonyl (C=O) groups excluding carboxylic acids is 1. The van der Waals surface area contributed by atoms with Crippen molar-refractivity contribution in [1.82, 2.24) is 4.98 Å². The molecule has 0 aliphatic carbocycles. The minimum atomic E-state index is -4.52. The number of amides is 1. The first kappa shape index (κ1) is 16.0. The third-order valence-electron chi connectivity index (χ3n) is 3.24. The lowest BCUT2D eigenvalue weighted by Crippen LogP contribution is -2.31. The Bertz CT molecular complexity index is 669. The van der Waals surface area contributed by atoms with Gasteiger partial charge in [-0.05, 0) is 38.1 Å². The first-order valence-corrected chi connectivity index (χ1v) is 6.76. The van der Waals surface area contributed by atoms with Gasteiger partial charge in [-0.1, -0.05) is 18.2 Å². The minimum absolute atomic E-state index is 0.0641. The van der Waals surface area contributed by atoms with Crippen LogP contribution in [0.5, 0.6) is 0 Å². The molecule has 0 aliphatic rings. The first-order chi connectivity index (χ1) is 10.3. The van der Waals surface area contributed by atoms with Crippen molar-refractivity contribution >= 4 is 11.6 Å². The van der Waals surface area contributed by atoms with E-state index in [1.807, 2.05) is 6.07 Å². The summed E-state index contributed by atoms with van der Waals surface area (Å²) in [5.74, 6) is -0.368. The second-order valence-electron chi connectivity index (χ2n) is 4.71. The molecule has 22 heavy (non-hydrogen) atoms. The Morgan fingerprint density at radius 1 is 1.14 bits per heavy atom. The number of rotatable bonds is 3. The normalized spacial score (nSPS) is 11.3. The van der Waals surface area contributed by atoms with Crippen molar-refractivity contribution in [1.29, 1.82) is 0 Å². The van der Waals surface area contributed by atoms with Gasteiger partial charge in [0.2, 0.25) is 0 Å². The van der Waals surface area contributed by atoms with Gasteiger partial charge in [0, 0.05) is 12.2 Å². The number of aryl methyl sites for hydroxylation is 1. The number of aromatic nitrogens is 1. The number of pyridine rings is 1. The van der Waals surface area contributed by atoms with Crippen molar-refractivity contribution in [2.75, 3.05) is 11.4 Å². The monoisotopic (exact) mass is 308 g/mol. The molecule has 2 aromatic rings. The Balaban J connectivity index is 2.37. The van der Waals surface area contributed by atoms with E-state index in [1.54, 1.807) is 31.2 Å². The molecule has 116 valence electrons. The minimum Gasteiger partial charge on any atom is -0.309 e. The molecule has 0 unspecified atom stereocenters. The number of hydrogen-bond donors (Lipinski definition) is 0.